The van der Waals surface area contributed by atoms with Gasteiger partial charge in [0, 0.05) is 5.56 Å². The molecule has 2 rings (SSSR count). The maximum Gasteiger partial charge on any atom is 0.165 e. The highest BCUT2D eigenvalue weighted by Crippen LogP contribution is 2.31. The summed E-state index contributed by atoms with van der Waals surface area (Å²) in [5.74, 6) is 0.246. The number of aliphatic hydroxyl groups excluding tert-OH is 1. The Hall–Kier alpha value is -2.07. The molecule has 0 saturated carbocycles. The molecule has 0 bridgehead atoms. The molecule has 1 N–H and O–H groups in total. The van der Waals surface area contributed by atoms with Gasteiger partial charge in [-0.05, 0) is 30.7 Å². The average molecular weight is 276 g/mol. The third-order valence-corrected chi connectivity index (χ3v) is 3.01. The van der Waals surface area contributed by atoms with Gasteiger partial charge in [-0.1, -0.05) is 24.3 Å². The third-order valence-electron chi connectivity index (χ3n) is 3.01. The summed E-state index contributed by atoms with van der Waals surface area (Å²) in [6, 6.07) is 11.6. The van der Waals surface area contributed by atoms with Gasteiger partial charge >= 0.3 is 0 Å². The lowest BCUT2D eigenvalue weighted by atomic mass is 10.0. The van der Waals surface area contributed by atoms with Gasteiger partial charge in [0.05, 0.1) is 13.7 Å². The zero-order chi connectivity index (χ0) is 14.5. The number of methoxy groups -OCH3 is 1. The summed E-state index contributed by atoms with van der Waals surface area (Å²) in [5.41, 5.74) is 1.06. The Kier molecular flexibility index (Phi) is 4.58. The second-order valence-corrected chi connectivity index (χ2v) is 4.27. The summed E-state index contributed by atoms with van der Waals surface area (Å²) in [6.07, 6.45) is -0.946. The van der Waals surface area contributed by atoms with Crippen LogP contribution in [0.15, 0.2) is 42.5 Å². The molecule has 2 aromatic rings. The fourth-order valence-corrected chi connectivity index (χ4v) is 2.03. The van der Waals surface area contributed by atoms with E-state index in [-0.39, 0.29) is 5.75 Å². The molecule has 4 heteroatoms. The number of hydrogen-bond acceptors (Lipinski definition) is 3. The number of halogens is 1. The monoisotopic (exact) mass is 276 g/mol. The van der Waals surface area contributed by atoms with Gasteiger partial charge in [0.15, 0.2) is 11.6 Å². The van der Waals surface area contributed by atoms with Crippen molar-refractivity contribution in [3.63, 3.8) is 0 Å². The summed E-state index contributed by atoms with van der Waals surface area (Å²) in [6.45, 7) is 2.37. The number of aliphatic hydroxyl groups is 1. The molecule has 2 aromatic carbocycles. The summed E-state index contributed by atoms with van der Waals surface area (Å²) < 4.78 is 24.1. The van der Waals surface area contributed by atoms with Crippen molar-refractivity contribution in [2.75, 3.05) is 13.7 Å². The van der Waals surface area contributed by atoms with Crippen LogP contribution in [0.5, 0.6) is 11.5 Å². The smallest absolute Gasteiger partial charge is 0.165 e. The molecule has 0 amide bonds. The lowest BCUT2D eigenvalue weighted by Crippen LogP contribution is -2.04. The number of hydrogen-bond donors (Lipinski definition) is 1. The zero-order valence-electron chi connectivity index (χ0n) is 11.5. The Morgan fingerprint density at radius 2 is 1.90 bits per heavy atom. The van der Waals surface area contributed by atoms with Crippen molar-refractivity contribution in [2.24, 2.45) is 0 Å². The van der Waals surface area contributed by atoms with Gasteiger partial charge < -0.3 is 14.6 Å². The first-order valence-electron chi connectivity index (χ1n) is 6.40. The molecule has 0 saturated heterocycles. The van der Waals surface area contributed by atoms with E-state index in [0.29, 0.717) is 23.5 Å². The molecular weight excluding hydrogens is 259 g/mol. The Morgan fingerprint density at radius 3 is 2.55 bits per heavy atom. The van der Waals surface area contributed by atoms with Crippen LogP contribution in [-0.2, 0) is 0 Å². The lowest BCUT2D eigenvalue weighted by Gasteiger charge is -2.16. The SMILES string of the molecule is CCOc1ccccc1C(O)c1ccc(OC)c(F)c1. The van der Waals surface area contributed by atoms with Crippen LogP contribution in [0.3, 0.4) is 0 Å². The van der Waals surface area contributed by atoms with Gasteiger partial charge in [-0.3, -0.25) is 0 Å². The van der Waals surface area contributed by atoms with Gasteiger partial charge in [0.2, 0.25) is 0 Å². The fourth-order valence-electron chi connectivity index (χ4n) is 2.03. The van der Waals surface area contributed by atoms with Gasteiger partial charge in [0.1, 0.15) is 11.9 Å². The van der Waals surface area contributed by atoms with Crippen molar-refractivity contribution >= 4 is 0 Å². The van der Waals surface area contributed by atoms with E-state index in [0.717, 1.165) is 0 Å². The predicted molar refractivity (Wildman–Crippen MR) is 74.6 cm³/mol. The maximum atomic E-state index is 13.7. The van der Waals surface area contributed by atoms with Gasteiger partial charge in [-0.15, -0.1) is 0 Å². The van der Waals surface area contributed by atoms with Crippen molar-refractivity contribution < 1.29 is 19.0 Å². The van der Waals surface area contributed by atoms with Crippen molar-refractivity contribution in [1.29, 1.82) is 0 Å². The lowest BCUT2D eigenvalue weighted by molar-refractivity contribution is 0.211. The van der Waals surface area contributed by atoms with Crippen molar-refractivity contribution in [1.82, 2.24) is 0 Å². The predicted octanol–water partition coefficient (Wildman–Crippen LogP) is 3.31. The van der Waals surface area contributed by atoms with E-state index in [1.807, 2.05) is 13.0 Å². The van der Waals surface area contributed by atoms with Crippen molar-refractivity contribution in [3.05, 3.63) is 59.4 Å². The minimum atomic E-state index is -0.946. The molecule has 0 aromatic heterocycles. The summed E-state index contributed by atoms with van der Waals surface area (Å²) in [4.78, 5) is 0. The molecule has 0 heterocycles. The van der Waals surface area contributed by atoms with Crippen LogP contribution < -0.4 is 9.47 Å². The van der Waals surface area contributed by atoms with Crippen LogP contribution in [-0.4, -0.2) is 18.8 Å². The first-order valence-corrected chi connectivity index (χ1v) is 6.40. The van der Waals surface area contributed by atoms with Gasteiger partial charge in [0.25, 0.3) is 0 Å². The van der Waals surface area contributed by atoms with Gasteiger partial charge in [-0.25, -0.2) is 4.39 Å². The zero-order valence-corrected chi connectivity index (χ0v) is 11.5. The fraction of sp³-hybridized carbons (Fsp3) is 0.250. The molecule has 0 spiro atoms. The molecule has 0 aliphatic carbocycles. The van der Waals surface area contributed by atoms with E-state index in [9.17, 15) is 9.50 Å². The van der Waals surface area contributed by atoms with E-state index in [4.69, 9.17) is 9.47 Å². The summed E-state index contributed by atoms with van der Waals surface area (Å²) >= 11 is 0. The first kappa shape index (κ1) is 14.3. The van der Waals surface area contributed by atoms with E-state index in [1.54, 1.807) is 24.3 Å². The Bertz CT molecular complexity index is 584. The van der Waals surface area contributed by atoms with E-state index in [1.165, 1.54) is 19.2 Å². The average Bonchev–Trinajstić information content (AvgIpc) is 2.47. The van der Waals surface area contributed by atoms with Crippen molar-refractivity contribution in [3.8, 4) is 11.5 Å². The third kappa shape index (κ3) is 2.91. The van der Waals surface area contributed by atoms with Crippen molar-refractivity contribution in [2.45, 2.75) is 13.0 Å². The second-order valence-electron chi connectivity index (χ2n) is 4.27. The van der Waals surface area contributed by atoms with Crippen LogP contribution in [0.4, 0.5) is 4.39 Å². The molecule has 20 heavy (non-hydrogen) atoms. The highest BCUT2D eigenvalue weighted by molar-refractivity contribution is 5.41. The minimum Gasteiger partial charge on any atom is -0.494 e. The number of benzene rings is 2. The normalized spacial score (nSPS) is 12.0. The number of rotatable bonds is 5. The number of para-hydroxylation sites is 1. The van der Waals surface area contributed by atoms with Crippen LogP contribution in [0.1, 0.15) is 24.2 Å². The molecule has 3 nitrogen and oxygen atoms in total. The summed E-state index contributed by atoms with van der Waals surface area (Å²) in [7, 11) is 1.40. The van der Waals surface area contributed by atoms with E-state index < -0.39 is 11.9 Å². The van der Waals surface area contributed by atoms with Crippen LogP contribution >= 0.6 is 0 Å². The Morgan fingerprint density at radius 1 is 1.15 bits per heavy atom. The highest BCUT2D eigenvalue weighted by atomic mass is 19.1. The highest BCUT2D eigenvalue weighted by Gasteiger charge is 2.17. The quantitative estimate of drug-likeness (QED) is 0.910. The molecule has 106 valence electrons. The first-order chi connectivity index (χ1) is 9.67. The van der Waals surface area contributed by atoms with Gasteiger partial charge in [-0.2, -0.15) is 0 Å². The molecular formula is C16H17FO3. The Labute approximate surface area is 117 Å². The molecule has 0 fully saturated rings. The Balaban J connectivity index is 2.36. The standard InChI is InChI=1S/C16H17FO3/c1-3-20-14-7-5-4-6-12(14)16(18)11-8-9-15(19-2)13(17)10-11/h4-10,16,18H,3H2,1-2H3. The van der Waals surface area contributed by atoms with E-state index in [2.05, 4.69) is 0 Å². The molecule has 0 aliphatic heterocycles. The summed E-state index contributed by atoms with van der Waals surface area (Å²) in [5, 5.41) is 10.4. The second kappa shape index (κ2) is 6.39. The molecule has 0 aliphatic rings. The molecule has 1 atom stereocenters. The maximum absolute atomic E-state index is 13.7. The molecule has 0 radical (unpaired) electrons. The largest absolute Gasteiger partial charge is 0.494 e. The van der Waals surface area contributed by atoms with Crippen LogP contribution in [0, 0.1) is 5.82 Å². The van der Waals surface area contributed by atoms with Crippen LogP contribution in [0.2, 0.25) is 0 Å². The van der Waals surface area contributed by atoms with E-state index >= 15 is 0 Å². The molecule has 1 unspecified atom stereocenters. The van der Waals surface area contributed by atoms with Crippen LogP contribution in [0.25, 0.3) is 0 Å². The minimum absolute atomic E-state index is 0.152. The topological polar surface area (TPSA) is 38.7 Å². The number of ether oxygens (including phenoxy) is 2.